The second-order valence-electron chi connectivity index (χ2n) is 5.10. The SMILES string of the molecule is CC(=O)N1CCCN(C(CN)c2ccc(C)s2)CC1. The van der Waals surface area contributed by atoms with E-state index in [0.717, 1.165) is 32.6 Å². The highest BCUT2D eigenvalue weighted by atomic mass is 32.1. The van der Waals surface area contributed by atoms with E-state index >= 15 is 0 Å². The summed E-state index contributed by atoms with van der Waals surface area (Å²) >= 11 is 1.83. The highest BCUT2D eigenvalue weighted by molar-refractivity contribution is 7.12. The van der Waals surface area contributed by atoms with Crippen molar-refractivity contribution in [3.05, 3.63) is 21.9 Å². The van der Waals surface area contributed by atoms with Crippen molar-refractivity contribution in [1.29, 1.82) is 0 Å². The Morgan fingerprint density at radius 3 is 2.74 bits per heavy atom. The van der Waals surface area contributed by atoms with E-state index in [1.807, 2.05) is 16.2 Å². The normalized spacial score (nSPS) is 19.2. The summed E-state index contributed by atoms with van der Waals surface area (Å²) in [6.07, 6.45) is 1.03. The lowest BCUT2D eigenvalue weighted by Gasteiger charge is -2.29. The van der Waals surface area contributed by atoms with Crippen molar-refractivity contribution in [2.24, 2.45) is 5.73 Å². The Hall–Kier alpha value is -0.910. The number of thiophene rings is 1. The van der Waals surface area contributed by atoms with Gasteiger partial charge in [-0.3, -0.25) is 9.69 Å². The molecule has 1 aliphatic heterocycles. The molecule has 2 heterocycles. The Balaban J connectivity index is 2.05. The van der Waals surface area contributed by atoms with Crippen molar-refractivity contribution >= 4 is 17.2 Å². The number of hydrogen-bond acceptors (Lipinski definition) is 4. The lowest BCUT2D eigenvalue weighted by molar-refractivity contribution is -0.128. The molecule has 0 aliphatic carbocycles. The quantitative estimate of drug-likeness (QED) is 0.916. The lowest BCUT2D eigenvalue weighted by atomic mass is 10.2. The van der Waals surface area contributed by atoms with E-state index in [4.69, 9.17) is 5.73 Å². The van der Waals surface area contributed by atoms with Gasteiger partial charge in [-0.1, -0.05) is 0 Å². The number of hydrogen-bond donors (Lipinski definition) is 1. The van der Waals surface area contributed by atoms with Crippen LogP contribution in [-0.2, 0) is 4.79 Å². The topological polar surface area (TPSA) is 49.6 Å². The van der Waals surface area contributed by atoms with Crippen LogP contribution < -0.4 is 5.73 Å². The Morgan fingerprint density at radius 2 is 2.16 bits per heavy atom. The van der Waals surface area contributed by atoms with E-state index in [0.29, 0.717) is 12.6 Å². The molecule has 1 unspecified atom stereocenters. The first-order valence-corrected chi connectivity index (χ1v) is 7.69. The van der Waals surface area contributed by atoms with Gasteiger partial charge in [0.15, 0.2) is 0 Å². The van der Waals surface area contributed by atoms with Gasteiger partial charge in [0.2, 0.25) is 5.91 Å². The molecule has 1 aliphatic rings. The number of nitrogens with zero attached hydrogens (tertiary/aromatic N) is 2. The van der Waals surface area contributed by atoms with Crippen LogP contribution in [0.25, 0.3) is 0 Å². The summed E-state index contributed by atoms with van der Waals surface area (Å²) < 4.78 is 0. The van der Waals surface area contributed by atoms with Gasteiger partial charge in [-0.25, -0.2) is 0 Å². The van der Waals surface area contributed by atoms with Crippen LogP contribution in [0.15, 0.2) is 12.1 Å². The lowest BCUT2D eigenvalue weighted by Crippen LogP contribution is -2.37. The molecule has 0 radical (unpaired) electrons. The van der Waals surface area contributed by atoms with E-state index in [9.17, 15) is 4.79 Å². The minimum Gasteiger partial charge on any atom is -0.342 e. The van der Waals surface area contributed by atoms with Crippen LogP contribution in [-0.4, -0.2) is 48.4 Å². The summed E-state index contributed by atoms with van der Waals surface area (Å²) in [7, 11) is 0. The number of carbonyl (C=O) groups excluding carboxylic acids is 1. The average Bonchev–Trinajstić information content (AvgIpc) is 2.65. The second-order valence-corrected chi connectivity index (χ2v) is 6.41. The predicted octanol–water partition coefficient (Wildman–Crippen LogP) is 1.61. The molecular formula is C14H23N3OS. The first-order valence-electron chi connectivity index (χ1n) is 6.87. The average molecular weight is 281 g/mol. The predicted molar refractivity (Wildman–Crippen MR) is 79.3 cm³/mol. The number of rotatable bonds is 3. The monoisotopic (exact) mass is 281 g/mol. The Labute approximate surface area is 119 Å². The third-order valence-electron chi connectivity index (χ3n) is 3.73. The largest absolute Gasteiger partial charge is 0.342 e. The molecule has 1 saturated heterocycles. The van der Waals surface area contributed by atoms with Crippen molar-refractivity contribution in [2.45, 2.75) is 26.3 Å². The maximum absolute atomic E-state index is 11.5. The van der Waals surface area contributed by atoms with E-state index < -0.39 is 0 Å². The number of nitrogens with two attached hydrogens (primary N) is 1. The zero-order chi connectivity index (χ0) is 13.8. The molecule has 1 fully saturated rings. The molecule has 1 amide bonds. The molecule has 1 aromatic rings. The highest BCUT2D eigenvalue weighted by Gasteiger charge is 2.24. The number of carbonyl (C=O) groups is 1. The molecule has 0 spiro atoms. The fourth-order valence-corrected chi connectivity index (χ4v) is 3.67. The molecule has 0 aromatic carbocycles. The summed E-state index contributed by atoms with van der Waals surface area (Å²) in [5, 5.41) is 0. The fourth-order valence-electron chi connectivity index (χ4n) is 2.64. The Bertz CT molecular complexity index is 432. The van der Waals surface area contributed by atoms with Crippen molar-refractivity contribution in [3.63, 3.8) is 0 Å². The van der Waals surface area contributed by atoms with Gasteiger partial charge in [0.25, 0.3) is 0 Å². The van der Waals surface area contributed by atoms with E-state index in [-0.39, 0.29) is 5.91 Å². The number of aryl methyl sites for hydroxylation is 1. The van der Waals surface area contributed by atoms with Crippen LogP contribution in [0, 0.1) is 6.92 Å². The molecule has 2 rings (SSSR count). The summed E-state index contributed by atoms with van der Waals surface area (Å²) in [6, 6.07) is 4.64. The van der Waals surface area contributed by atoms with Gasteiger partial charge in [0.1, 0.15) is 0 Å². The molecule has 1 aromatic heterocycles. The van der Waals surface area contributed by atoms with Crippen molar-refractivity contribution in [2.75, 3.05) is 32.7 Å². The molecule has 106 valence electrons. The molecule has 4 nitrogen and oxygen atoms in total. The maximum atomic E-state index is 11.5. The van der Waals surface area contributed by atoms with Crippen molar-refractivity contribution in [3.8, 4) is 0 Å². The second kappa shape index (κ2) is 6.50. The summed E-state index contributed by atoms with van der Waals surface area (Å²) in [5.74, 6) is 0.179. The van der Waals surface area contributed by atoms with Crippen LogP contribution in [0.5, 0.6) is 0 Å². The van der Waals surface area contributed by atoms with Gasteiger partial charge in [0, 0.05) is 49.4 Å². The van der Waals surface area contributed by atoms with Gasteiger partial charge >= 0.3 is 0 Å². The standard InChI is InChI=1S/C14H23N3OS/c1-11-4-5-14(19-11)13(10-15)17-7-3-6-16(8-9-17)12(2)18/h4-5,13H,3,6-10,15H2,1-2H3. The molecule has 19 heavy (non-hydrogen) atoms. The molecule has 1 atom stereocenters. The number of amides is 1. The first-order chi connectivity index (χ1) is 9.11. The molecule has 2 N–H and O–H groups in total. The highest BCUT2D eigenvalue weighted by Crippen LogP contribution is 2.27. The molecule has 0 bridgehead atoms. The minimum atomic E-state index is 0.179. The maximum Gasteiger partial charge on any atom is 0.219 e. The third kappa shape index (κ3) is 3.55. The molecule has 0 saturated carbocycles. The van der Waals surface area contributed by atoms with Gasteiger partial charge in [-0.15, -0.1) is 11.3 Å². The minimum absolute atomic E-state index is 0.179. The molecule has 5 heteroatoms. The van der Waals surface area contributed by atoms with Crippen LogP contribution in [0.3, 0.4) is 0 Å². The smallest absolute Gasteiger partial charge is 0.219 e. The Morgan fingerprint density at radius 1 is 1.37 bits per heavy atom. The van der Waals surface area contributed by atoms with Gasteiger partial charge < -0.3 is 10.6 Å². The zero-order valence-corrected chi connectivity index (χ0v) is 12.6. The van der Waals surface area contributed by atoms with Gasteiger partial charge in [-0.2, -0.15) is 0 Å². The van der Waals surface area contributed by atoms with Crippen molar-refractivity contribution in [1.82, 2.24) is 9.80 Å². The van der Waals surface area contributed by atoms with Crippen LogP contribution in [0.2, 0.25) is 0 Å². The van der Waals surface area contributed by atoms with Crippen molar-refractivity contribution < 1.29 is 4.79 Å². The van der Waals surface area contributed by atoms with Crippen LogP contribution in [0.4, 0.5) is 0 Å². The summed E-state index contributed by atoms with van der Waals surface area (Å²) in [6.45, 7) is 8.03. The fraction of sp³-hybridized carbons (Fsp3) is 0.643. The first kappa shape index (κ1) is 14.5. The van der Waals surface area contributed by atoms with Gasteiger partial charge in [0.05, 0.1) is 6.04 Å². The van der Waals surface area contributed by atoms with Crippen LogP contribution in [0.1, 0.15) is 29.1 Å². The summed E-state index contributed by atoms with van der Waals surface area (Å²) in [5.41, 5.74) is 5.97. The third-order valence-corrected chi connectivity index (χ3v) is 4.83. The molecular weight excluding hydrogens is 258 g/mol. The summed E-state index contributed by atoms with van der Waals surface area (Å²) in [4.78, 5) is 18.5. The Kier molecular flexibility index (Phi) is 4.96. The zero-order valence-electron chi connectivity index (χ0n) is 11.8. The van der Waals surface area contributed by atoms with E-state index in [1.54, 1.807) is 6.92 Å². The van der Waals surface area contributed by atoms with Gasteiger partial charge in [-0.05, 0) is 25.5 Å². The van der Waals surface area contributed by atoms with E-state index in [2.05, 4.69) is 24.0 Å². The van der Waals surface area contributed by atoms with Crippen LogP contribution >= 0.6 is 11.3 Å². The van der Waals surface area contributed by atoms with E-state index in [1.165, 1.54) is 9.75 Å².